The molecule has 0 saturated carbocycles. The summed E-state index contributed by atoms with van der Waals surface area (Å²) in [4.78, 5) is 0. The molecule has 0 bridgehead atoms. The van der Waals surface area contributed by atoms with Gasteiger partial charge < -0.3 is 5.32 Å². The van der Waals surface area contributed by atoms with Gasteiger partial charge in [0, 0.05) is 6.04 Å². The summed E-state index contributed by atoms with van der Waals surface area (Å²) in [5, 5.41) is 12.4. The highest BCUT2D eigenvalue weighted by Gasteiger charge is 2.06. The van der Waals surface area contributed by atoms with Gasteiger partial charge in [-0.25, -0.2) is 0 Å². The van der Waals surface area contributed by atoms with Gasteiger partial charge in [-0.15, -0.1) is 0 Å². The zero-order chi connectivity index (χ0) is 10.6. The maximum atomic E-state index is 8.51. The van der Waals surface area contributed by atoms with Crippen LogP contribution in [-0.4, -0.2) is 6.04 Å². The third-order valence-electron chi connectivity index (χ3n) is 1.75. The molecule has 0 aliphatic rings. The first-order chi connectivity index (χ1) is 6.65. The number of rotatable bonds is 3. The van der Waals surface area contributed by atoms with E-state index in [2.05, 4.69) is 27.3 Å². The average Bonchev–Trinajstić information content (AvgIpc) is 2.13. The predicted octanol–water partition coefficient (Wildman–Crippen LogP) is 3.82. The fourth-order valence-corrected chi connectivity index (χ4v) is 1.62. The first-order valence-corrected chi connectivity index (χ1v) is 5.39. The van der Waals surface area contributed by atoms with E-state index in [1.807, 2.05) is 25.1 Å². The molecule has 1 rings (SSSR count). The van der Waals surface area contributed by atoms with Crippen molar-refractivity contribution in [2.45, 2.75) is 19.4 Å². The Kier molecular flexibility index (Phi) is 4.24. The zero-order valence-corrected chi connectivity index (χ0v) is 10.1. The van der Waals surface area contributed by atoms with E-state index in [0.717, 1.165) is 10.2 Å². The number of nitrogens with one attached hydrogen (secondary N) is 1. The van der Waals surface area contributed by atoms with Crippen LogP contribution in [0.2, 0.25) is 5.02 Å². The molecule has 0 aromatic heterocycles. The van der Waals surface area contributed by atoms with E-state index in [9.17, 15) is 0 Å². The van der Waals surface area contributed by atoms with Crippen LogP contribution in [0.3, 0.4) is 0 Å². The maximum absolute atomic E-state index is 8.51. The molecule has 0 radical (unpaired) electrons. The quantitative estimate of drug-likeness (QED) is 0.909. The summed E-state index contributed by atoms with van der Waals surface area (Å²) in [6, 6.07) is 7.83. The number of nitrogens with zero attached hydrogens (tertiary/aromatic N) is 1. The van der Waals surface area contributed by atoms with Gasteiger partial charge in [0.1, 0.15) is 0 Å². The highest BCUT2D eigenvalue weighted by Crippen LogP contribution is 2.30. The van der Waals surface area contributed by atoms with Gasteiger partial charge >= 0.3 is 0 Å². The third-order valence-corrected chi connectivity index (χ3v) is 3.15. The molecule has 0 fully saturated rings. The van der Waals surface area contributed by atoms with Crippen LogP contribution in [0.5, 0.6) is 0 Å². The minimum atomic E-state index is 0.120. The molecule has 1 unspecified atom stereocenters. The molecule has 0 spiro atoms. The molecule has 0 aliphatic carbocycles. The van der Waals surface area contributed by atoms with Crippen molar-refractivity contribution in [1.82, 2.24) is 0 Å². The predicted molar refractivity (Wildman–Crippen MR) is 62.5 cm³/mol. The maximum Gasteiger partial charge on any atom is 0.0643 e. The Labute approximate surface area is 97.0 Å². The first-order valence-electron chi connectivity index (χ1n) is 4.22. The molecule has 1 aromatic rings. The Morgan fingerprint density at radius 3 is 3.00 bits per heavy atom. The van der Waals surface area contributed by atoms with Crippen LogP contribution < -0.4 is 5.32 Å². The molecule has 74 valence electrons. The van der Waals surface area contributed by atoms with Crippen molar-refractivity contribution in [3.63, 3.8) is 0 Å². The summed E-state index contributed by atoms with van der Waals surface area (Å²) in [7, 11) is 0. The number of halogens is 2. The second-order valence-corrected chi connectivity index (χ2v) is 4.21. The van der Waals surface area contributed by atoms with E-state index in [1.165, 1.54) is 0 Å². The van der Waals surface area contributed by atoms with Gasteiger partial charge in [-0.05, 0) is 35.0 Å². The minimum Gasteiger partial charge on any atom is -0.381 e. The smallest absolute Gasteiger partial charge is 0.0643 e. The molecule has 0 heterocycles. The monoisotopic (exact) mass is 272 g/mol. The van der Waals surface area contributed by atoms with Crippen molar-refractivity contribution < 1.29 is 0 Å². The van der Waals surface area contributed by atoms with Crippen molar-refractivity contribution in [3.05, 3.63) is 27.7 Å². The van der Waals surface area contributed by atoms with Gasteiger partial charge in [0.15, 0.2) is 0 Å². The van der Waals surface area contributed by atoms with Crippen LogP contribution in [0.25, 0.3) is 0 Å². The van der Waals surface area contributed by atoms with Gasteiger partial charge in [0.25, 0.3) is 0 Å². The standard InChI is InChI=1S/C10H10BrClN2/c1-7(5-6-13)14-9-4-2-3-8(12)10(9)11/h2-4,7,14H,5H2,1H3. The molecule has 1 atom stereocenters. The van der Waals surface area contributed by atoms with E-state index in [0.29, 0.717) is 11.4 Å². The number of anilines is 1. The first kappa shape index (κ1) is 11.4. The number of hydrogen-bond acceptors (Lipinski definition) is 2. The van der Waals surface area contributed by atoms with Crippen LogP contribution >= 0.6 is 27.5 Å². The number of hydrogen-bond donors (Lipinski definition) is 1. The van der Waals surface area contributed by atoms with E-state index in [-0.39, 0.29) is 6.04 Å². The zero-order valence-electron chi connectivity index (χ0n) is 7.72. The molecule has 2 nitrogen and oxygen atoms in total. The molecule has 1 aromatic carbocycles. The average molecular weight is 274 g/mol. The Bertz CT molecular complexity index is 360. The van der Waals surface area contributed by atoms with Crippen LogP contribution in [-0.2, 0) is 0 Å². The van der Waals surface area contributed by atoms with Crippen LogP contribution in [0.1, 0.15) is 13.3 Å². The van der Waals surface area contributed by atoms with E-state index in [1.54, 1.807) is 0 Å². The van der Waals surface area contributed by atoms with E-state index in [4.69, 9.17) is 16.9 Å². The number of benzene rings is 1. The lowest BCUT2D eigenvalue weighted by molar-refractivity contribution is 0.820. The van der Waals surface area contributed by atoms with Crippen LogP contribution in [0.4, 0.5) is 5.69 Å². The van der Waals surface area contributed by atoms with Crippen molar-refractivity contribution in [1.29, 1.82) is 5.26 Å². The minimum absolute atomic E-state index is 0.120. The molecule has 14 heavy (non-hydrogen) atoms. The van der Waals surface area contributed by atoms with Crippen LogP contribution in [0, 0.1) is 11.3 Å². The lowest BCUT2D eigenvalue weighted by Gasteiger charge is -2.13. The molecular formula is C10H10BrClN2. The molecular weight excluding hydrogens is 263 g/mol. The van der Waals surface area contributed by atoms with Gasteiger partial charge in [-0.3, -0.25) is 0 Å². The highest BCUT2D eigenvalue weighted by molar-refractivity contribution is 9.10. The highest BCUT2D eigenvalue weighted by atomic mass is 79.9. The van der Waals surface area contributed by atoms with Crippen molar-refractivity contribution in [2.24, 2.45) is 0 Å². The topological polar surface area (TPSA) is 35.8 Å². The summed E-state index contributed by atoms with van der Waals surface area (Å²) in [5.41, 5.74) is 0.917. The lowest BCUT2D eigenvalue weighted by Crippen LogP contribution is -2.14. The molecule has 0 aliphatic heterocycles. The van der Waals surface area contributed by atoms with E-state index >= 15 is 0 Å². The van der Waals surface area contributed by atoms with Gasteiger partial charge in [-0.1, -0.05) is 17.7 Å². The number of nitriles is 1. The second kappa shape index (κ2) is 5.23. The molecule has 0 amide bonds. The molecule has 4 heteroatoms. The summed E-state index contributed by atoms with van der Waals surface area (Å²) in [6.07, 6.45) is 0.471. The Hall–Kier alpha value is -0.720. The summed E-state index contributed by atoms with van der Waals surface area (Å²) in [5.74, 6) is 0. The Morgan fingerprint density at radius 2 is 2.36 bits per heavy atom. The van der Waals surface area contributed by atoms with Gasteiger partial charge in [0.05, 0.1) is 27.7 Å². The fraction of sp³-hybridized carbons (Fsp3) is 0.300. The van der Waals surface area contributed by atoms with Gasteiger partial charge in [0.2, 0.25) is 0 Å². The Balaban J connectivity index is 2.77. The third kappa shape index (κ3) is 2.90. The Morgan fingerprint density at radius 1 is 1.64 bits per heavy atom. The van der Waals surface area contributed by atoms with Crippen molar-refractivity contribution >= 4 is 33.2 Å². The van der Waals surface area contributed by atoms with Crippen molar-refractivity contribution in [2.75, 3.05) is 5.32 Å². The van der Waals surface area contributed by atoms with Gasteiger partial charge in [-0.2, -0.15) is 5.26 Å². The largest absolute Gasteiger partial charge is 0.381 e. The summed E-state index contributed by atoms with van der Waals surface area (Å²) < 4.78 is 0.839. The van der Waals surface area contributed by atoms with E-state index < -0.39 is 0 Å². The second-order valence-electron chi connectivity index (χ2n) is 3.01. The summed E-state index contributed by atoms with van der Waals surface area (Å²) in [6.45, 7) is 1.95. The summed E-state index contributed by atoms with van der Waals surface area (Å²) >= 11 is 9.30. The SMILES string of the molecule is CC(CC#N)Nc1cccc(Cl)c1Br. The van der Waals surface area contributed by atoms with Crippen molar-refractivity contribution in [3.8, 4) is 6.07 Å². The normalized spacial score (nSPS) is 11.9. The molecule has 0 saturated heterocycles. The lowest BCUT2D eigenvalue weighted by atomic mass is 10.2. The fourth-order valence-electron chi connectivity index (χ4n) is 1.07. The van der Waals surface area contributed by atoms with Crippen LogP contribution in [0.15, 0.2) is 22.7 Å². The molecule has 1 N–H and O–H groups in total.